The number of fused-ring (bicyclic) bond motifs is 15. The highest BCUT2D eigenvalue weighted by atomic mass is 35.5. The number of nitrogens with two attached hydrogens (primary N) is 5. The van der Waals surface area contributed by atoms with Crippen LogP contribution in [0.25, 0.3) is 11.1 Å². The number of likely N-dealkylation sites (N-methyl/N-ethyl adjacent to an activating group) is 1. The summed E-state index contributed by atoms with van der Waals surface area (Å²) in [6.07, 6.45) is -18.8. The molecule has 5 aromatic rings. The molecule has 7 aliphatic rings. The molecule has 39 heteroatoms. The lowest BCUT2D eigenvalue weighted by Crippen LogP contribution is -2.64. The van der Waals surface area contributed by atoms with Crippen molar-refractivity contribution in [2.45, 2.75) is 175 Å². The maximum absolute atomic E-state index is 16.2. The maximum atomic E-state index is 16.2. The van der Waals surface area contributed by atoms with Gasteiger partial charge in [0, 0.05) is 29.6 Å². The van der Waals surface area contributed by atoms with Gasteiger partial charge < -0.3 is 140 Å². The number of nitrogens with zero attached hydrogens (tertiary/aromatic N) is 1. The second-order valence-electron chi connectivity index (χ2n) is 28.1. The molecule has 2 saturated heterocycles. The number of aromatic hydroxyl groups is 2. The van der Waals surface area contributed by atoms with Crippen molar-refractivity contribution >= 4 is 82.3 Å². The summed E-state index contributed by atoms with van der Waals surface area (Å²) >= 11 is 14.3. The summed E-state index contributed by atoms with van der Waals surface area (Å²) in [5, 5.41) is 113. The number of aliphatic hydroxyl groups excluding tert-OH is 6. The van der Waals surface area contributed by atoms with Gasteiger partial charge in [0.15, 0.2) is 29.9 Å². The Morgan fingerprint density at radius 3 is 1.93 bits per heavy atom. The molecule has 0 unspecified atom stereocenters. The maximum Gasteiger partial charge on any atom is 0.248 e. The highest BCUT2D eigenvalue weighted by molar-refractivity contribution is 6.32. The standard InChI is InChI=1S/C72H88Cl2N14O23/c1-27(2)18-38(80-5)63(99)87-53-55(93)30-12-15-42(35(73)20-30)107-44-22-32-23-45(59(44)111-70-60(58(96)57(95)46(26-89)109-70)110-48-25-72(4,79)61(97)28(3)106-48)108-43-16-13-31(21-36(43)74)56(94)54-69(105)86-52(67(103)82-37(62(76)98)9-7-17-81-71(77)78)33-8-6-10-41(91)49(33)34-19-29(11-14-40(34)90)50(65(101)88-54)85-66(102)51(32)84-64(100)39(24-47(75)92)83-68(53)104/h6,8,10-16,19-23,27-28,37-39,46,48,50-58,60-61,70,80,89-91,93-97H,7,9,17-18,24-26,79H2,1-5H3,(H2,75,92)(H2,76,98)(H,82,103)(H,83,104)(H,84,100)(H,85,102)(H,86,105)(H,87,99)(H,88,101)(H4,77,78,81)/t28-,37+,38+,39-,46+,48-,50+,51+,52-,53+,54-,55+,56+,57+,58-,60+,61+,70-,72-/m0/s1. The van der Waals surface area contributed by atoms with E-state index >= 15 is 19.2 Å². The number of halogens is 2. The lowest BCUT2D eigenvalue weighted by Gasteiger charge is -2.47. The number of carbonyl (C=O) groups is 9. The van der Waals surface area contributed by atoms with Gasteiger partial charge in [-0.05, 0) is 128 Å². The van der Waals surface area contributed by atoms with E-state index in [2.05, 4.69) is 47.5 Å². The Morgan fingerprint density at radius 2 is 1.33 bits per heavy atom. The Labute approximate surface area is 643 Å². The highest BCUT2D eigenvalue weighted by Crippen LogP contribution is 2.50. The molecule has 37 nitrogen and oxygen atoms in total. The van der Waals surface area contributed by atoms with E-state index in [9.17, 15) is 64.8 Å². The van der Waals surface area contributed by atoms with Gasteiger partial charge in [0.25, 0.3) is 0 Å². The first-order valence-corrected chi connectivity index (χ1v) is 35.9. The summed E-state index contributed by atoms with van der Waals surface area (Å²) < 4.78 is 38.6. The number of primary amides is 2. The number of aliphatic imine (C=N–C) groups is 1. The first-order valence-electron chi connectivity index (χ1n) is 35.1. The van der Waals surface area contributed by atoms with Crippen molar-refractivity contribution in [2.24, 2.45) is 39.6 Å². The molecule has 12 rings (SSSR count). The van der Waals surface area contributed by atoms with Gasteiger partial charge in [-0.2, -0.15) is 0 Å². The number of hydrogen-bond donors (Lipinski definition) is 21. The number of benzene rings is 5. The van der Waals surface area contributed by atoms with Crippen LogP contribution in [0.15, 0.2) is 89.9 Å². The molecule has 2 fully saturated rings. The third-order valence-corrected chi connectivity index (χ3v) is 19.9. The summed E-state index contributed by atoms with van der Waals surface area (Å²) in [4.78, 5) is 137. The number of amides is 9. The minimum Gasteiger partial charge on any atom is -0.507 e. The molecule has 5 aromatic carbocycles. The van der Waals surface area contributed by atoms with Gasteiger partial charge in [0.05, 0.1) is 41.3 Å². The average Bonchev–Trinajstić information content (AvgIpc) is 0.767. The van der Waals surface area contributed by atoms with Crippen molar-refractivity contribution in [2.75, 3.05) is 20.2 Å². The van der Waals surface area contributed by atoms with E-state index in [1.807, 2.05) is 13.8 Å². The Morgan fingerprint density at radius 1 is 0.712 bits per heavy atom. The monoisotopic (exact) mass is 1590 g/mol. The normalized spacial score (nSPS) is 28.0. The molecule has 7 aliphatic heterocycles. The summed E-state index contributed by atoms with van der Waals surface area (Å²) in [6, 6.07) is 0.320. The number of carbonyl (C=O) groups excluding carboxylic acids is 9. The van der Waals surface area contributed by atoms with Gasteiger partial charge in [0.1, 0.15) is 95.8 Å². The van der Waals surface area contributed by atoms with Crippen molar-refractivity contribution in [1.29, 1.82) is 0 Å². The zero-order valence-electron chi connectivity index (χ0n) is 60.3. The molecule has 0 spiro atoms. The SMILES string of the molecule is CN[C@H](CC(C)C)C(=O)N[C@H]1C(=O)N[C@@H](CC(N)=O)C(=O)N[C@H]2C(=O)N[C@H]3C(=O)N[C@H](C(=O)N[C@H](C(=O)N[C@H](CCCN=C(N)N)C(N)=O)c4cccc(O)c4-c4cc3ccc4O)[C@H](O)c3ccc(c(Cl)c3)Oc3cc2cc(c3O[C@@H]2O[C@H](CO)[C@@H](O)[C@H](O)[C@H]2O[C@H]2C[C@](C)(N)[C@H](O)[C@H](C)O2)Oc2ccc(cc2Cl)[C@H]1O. The fraction of sp³-hybridized carbons (Fsp3) is 0.444. The zero-order chi connectivity index (χ0) is 80.9. The van der Waals surface area contributed by atoms with Crippen LogP contribution in [-0.2, 0) is 57.4 Å². The van der Waals surface area contributed by atoms with Gasteiger partial charge in [-0.15, -0.1) is 0 Å². The van der Waals surface area contributed by atoms with Gasteiger partial charge in [0.2, 0.25) is 65.2 Å². The molecule has 11 bridgehead atoms. The lowest BCUT2D eigenvalue weighted by molar-refractivity contribution is -0.333. The van der Waals surface area contributed by atoms with E-state index in [1.165, 1.54) is 51.2 Å². The first kappa shape index (κ1) is 83.2. The molecule has 19 atom stereocenters. The molecule has 0 saturated carbocycles. The molecule has 0 aliphatic carbocycles. The highest BCUT2D eigenvalue weighted by Gasteiger charge is 2.52. The van der Waals surface area contributed by atoms with Crippen LogP contribution in [0.2, 0.25) is 10.0 Å². The van der Waals surface area contributed by atoms with Crippen LogP contribution < -0.4 is 85.4 Å². The van der Waals surface area contributed by atoms with Gasteiger partial charge in [-0.3, -0.25) is 48.1 Å². The molecular weight excluding hydrogens is 1500 g/mol. The molecule has 598 valence electrons. The predicted octanol–water partition coefficient (Wildman–Crippen LogP) is -1.66. The Hall–Kier alpha value is -10.3. The van der Waals surface area contributed by atoms with Crippen LogP contribution in [0.3, 0.4) is 0 Å². The van der Waals surface area contributed by atoms with Crippen LogP contribution in [0.4, 0.5) is 0 Å². The number of nitrogens with one attached hydrogen (secondary N) is 8. The second kappa shape index (κ2) is 35.0. The number of rotatable bonds is 19. The summed E-state index contributed by atoms with van der Waals surface area (Å²) in [5.41, 5.74) is 25.4. The van der Waals surface area contributed by atoms with Crippen LogP contribution >= 0.6 is 23.2 Å². The van der Waals surface area contributed by atoms with Crippen molar-refractivity contribution in [1.82, 2.24) is 42.5 Å². The Bertz CT molecular complexity index is 4420. The third kappa shape index (κ3) is 18.9. The Balaban J connectivity index is 1.22. The third-order valence-electron chi connectivity index (χ3n) is 19.3. The quantitative estimate of drug-likeness (QED) is 0.0250. The zero-order valence-corrected chi connectivity index (χ0v) is 61.8. The molecule has 0 aromatic heterocycles. The van der Waals surface area contributed by atoms with E-state index < -0.39 is 232 Å². The largest absolute Gasteiger partial charge is 0.507 e. The smallest absolute Gasteiger partial charge is 0.248 e. The topological polar surface area (TPSA) is 610 Å². The van der Waals surface area contributed by atoms with E-state index in [4.69, 9.17) is 80.3 Å². The first-order chi connectivity index (χ1) is 52.5. The molecule has 111 heavy (non-hydrogen) atoms. The number of hydrogen-bond acceptors (Lipinski definition) is 26. The van der Waals surface area contributed by atoms with E-state index in [1.54, 1.807) is 0 Å². The van der Waals surface area contributed by atoms with Crippen LogP contribution in [0.5, 0.6) is 40.2 Å². The van der Waals surface area contributed by atoms with Crippen molar-refractivity contribution < 1.29 is 112 Å². The van der Waals surface area contributed by atoms with Crippen molar-refractivity contribution in [3.8, 4) is 51.4 Å². The van der Waals surface area contributed by atoms with Crippen LogP contribution in [0.1, 0.15) is 118 Å². The van der Waals surface area contributed by atoms with E-state index in [-0.39, 0.29) is 82.7 Å². The molecular formula is C72H88Cl2N14O23. The molecule has 9 amide bonds. The van der Waals surface area contributed by atoms with Gasteiger partial charge in [-0.25, -0.2) is 0 Å². The number of guanidine groups is 1. The van der Waals surface area contributed by atoms with Gasteiger partial charge >= 0.3 is 0 Å². The fourth-order valence-corrected chi connectivity index (χ4v) is 13.9. The summed E-state index contributed by atoms with van der Waals surface area (Å²) in [6.45, 7) is 5.63. The summed E-state index contributed by atoms with van der Waals surface area (Å²) in [7, 11) is 1.47. The molecule has 7 heterocycles. The average molecular weight is 1590 g/mol. The lowest BCUT2D eigenvalue weighted by atomic mass is 9.86. The van der Waals surface area contributed by atoms with Crippen molar-refractivity contribution in [3.05, 3.63) is 123 Å². The molecule has 26 N–H and O–H groups in total. The molecule has 0 radical (unpaired) electrons. The van der Waals surface area contributed by atoms with Crippen molar-refractivity contribution in [3.63, 3.8) is 0 Å². The minimum atomic E-state index is -2.35. The van der Waals surface area contributed by atoms with Crippen LogP contribution in [0, 0.1) is 5.92 Å². The van der Waals surface area contributed by atoms with E-state index in [0.717, 1.165) is 54.6 Å². The summed E-state index contributed by atoms with van der Waals surface area (Å²) in [5.74, 6) is -15.6. The number of phenols is 2. The van der Waals surface area contributed by atoms with E-state index in [0.29, 0.717) is 0 Å². The minimum absolute atomic E-state index is 0.0222. The second-order valence-corrected chi connectivity index (χ2v) is 28.9. The van der Waals surface area contributed by atoms with Crippen LogP contribution in [-0.4, -0.2) is 205 Å². The fourth-order valence-electron chi connectivity index (χ4n) is 13.5. The van der Waals surface area contributed by atoms with Gasteiger partial charge in [-0.1, -0.05) is 67.4 Å². The number of phenolic OH excluding ortho intramolecular Hbond substituents is 2. The Kier molecular flexibility index (Phi) is 26.2. The number of ether oxygens (including phenoxy) is 6. The predicted molar refractivity (Wildman–Crippen MR) is 391 cm³/mol. The number of aliphatic hydroxyl groups is 6.